The Morgan fingerprint density at radius 3 is 2.35 bits per heavy atom. The van der Waals surface area contributed by atoms with Crippen molar-refractivity contribution in [2.24, 2.45) is 5.92 Å². The third-order valence-corrected chi connectivity index (χ3v) is 3.68. The van der Waals surface area contributed by atoms with Crippen LogP contribution >= 0.6 is 0 Å². The molecule has 1 amide bonds. The summed E-state index contributed by atoms with van der Waals surface area (Å²) < 4.78 is 11.2. The van der Waals surface area contributed by atoms with Crippen LogP contribution in [0, 0.1) is 5.92 Å². The highest BCUT2D eigenvalue weighted by atomic mass is 16.5. The van der Waals surface area contributed by atoms with Gasteiger partial charge in [0.1, 0.15) is 11.5 Å². The molecule has 0 saturated heterocycles. The second-order valence-corrected chi connectivity index (χ2v) is 6.42. The molecule has 0 spiro atoms. The SMILES string of the molecule is CCOc1cccc(NC(=O)CNc2cccc(OCCC(C)C)c2)c1. The summed E-state index contributed by atoms with van der Waals surface area (Å²) in [5.74, 6) is 2.04. The summed E-state index contributed by atoms with van der Waals surface area (Å²) in [5, 5.41) is 5.98. The van der Waals surface area contributed by atoms with E-state index in [1.165, 1.54) is 0 Å². The standard InChI is InChI=1S/C21H28N2O3/c1-4-25-19-9-6-8-18(14-19)23-21(24)15-22-17-7-5-10-20(13-17)26-12-11-16(2)3/h5-10,13-14,16,22H,4,11-12,15H2,1-3H3,(H,23,24). The predicted octanol–water partition coefficient (Wildman–Crippen LogP) is 4.56. The van der Waals surface area contributed by atoms with Gasteiger partial charge in [0.2, 0.25) is 5.91 Å². The Kier molecular flexibility index (Phi) is 7.80. The van der Waals surface area contributed by atoms with Crippen molar-refractivity contribution in [2.45, 2.75) is 27.2 Å². The van der Waals surface area contributed by atoms with Crippen LogP contribution in [0.4, 0.5) is 11.4 Å². The molecule has 0 aromatic heterocycles. The first-order valence-corrected chi connectivity index (χ1v) is 9.06. The Balaban J connectivity index is 1.82. The van der Waals surface area contributed by atoms with Gasteiger partial charge in [-0.25, -0.2) is 0 Å². The van der Waals surface area contributed by atoms with E-state index in [0.717, 1.165) is 23.6 Å². The zero-order valence-electron chi connectivity index (χ0n) is 15.7. The minimum Gasteiger partial charge on any atom is -0.494 e. The van der Waals surface area contributed by atoms with E-state index in [0.29, 0.717) is 24.8 Å². The van der Waals surface area contributed by atoms with E-state index in [2.05, 4.69) is 24.5 Å². The van der Waals surface area contributed by atoms with Crippen molar-refractivity contribution in [1.29, 1.82) is 0 Å². The molecule has 26 heavy (non-hydrogen) atoms. The molecule has 0 saturated carbocycles. The first-order valence-electron chi connectivity index (χ1n) is 9.06. The lowest BCUT2D eigenvalue weighted by Gasteiger charge is -2.11. The number of hydrogen-bond donors (Lipinski definition) is 2. The Labute approximate surface area is 155 Å². The average Bonchev–Trinajstić information content (AvgIpc) is 2.61. The highest BCUT2D eigenvalue weighted by Crippen LogP contribution is 2.19. The molecule has 0 unspecified atom stereocenters. The molecule has 0 radical (unpaired) electrons. The van der Waals surface area contributed by atoms with E-state index < -0.39 is 0 Å². The molecule has 5 nitrogen and oxygen atoms in total. The Bertz CT molecular complexity index is 701. The summed E-state index contributed by atoms with van der Waals surface area (Å²) >= 11 is 0. The van der Waals surface area contributed by atoms with Crippen LogP contribution in [0.3, 0.4) is 0 Å². The van der Waals surface area contributed by atoms with Gasteiger partial charge in [-0.05, 0) is 43.5 Å². The summed E-state index contributed by atoms with van der Waals surface area (Å²) in [6.45, 7) is 7.73. The zero-order valence-corrected chi connectivity index (χ0v) is 15.7. The number of carbonyl (C=O) groups excluding carboxylic acids is 1. The Morgan fingerprint density at radius 1 is 1.00 bits per heavy atom. The van der Waals surface area contributed by atoms with Crippen LogP contribution in [0.5, 0.6) is 11.5 Å². The van der Waals surface area contributed by atoms with Gasteiger partial charge in [-0.1, -0.05) is 26.0 Å². The van der Waals surface area contributed by atoms with Crippen molar-refractivity contribution < 1.29 is 14.3 Å². The summed E-state index contributed by atoms with van der Waals surface area (Å²) in [5.41, 5.74) is 1.57. The number of nitrogens with one attached hydrogen (secondary N) is 2. The van der Waals surface area contributed by atoms with Gasteiger partial charge in [-0.15, -0.1) is 0 Å². The molecule has 2 aromatic carbocycles. The molecule has 0 aliphatic rings. The van der Waals surface area contributed by atoms with Gasteiger partial charge < -0.3 is 20.1 Å². The normalized spacial score (nSPS) is 10.5. The number of rotatable bonds is 10. The summed E-state index contributed by atoms with van der Waals surface area (Å²) in [6.07, 6.45) is 1.01. The minimum atomic E-state index is -0.121. The highest BCUT2D eigenvalue weighted by Gasteiger charge is 2.04. The maximum absolute atomic E-state index is 12.1. The Morgan fingerprint density at radius 2 is 1.65 bits per heavy atom. The molecular weight excluding hydrogens is 328 g/mol. The summed E-state index contributed by atoms with van der Waals surface area (Å²) in [7, 11) is 0. The van der Waals surface area contributed by atoms with Gasteiger partial charge in [-0.3, -0.25) is 4.79 Å². The van der Waals surface area contributed by atoms with Gasteiger partial charge in [0.25, 0.3) is 0 Å². The number of carbonyl (C=O) groups is 1. The Hall–Kier alpha value is -2.69. The molecule has 0 aliphatic heterocycles. The van der Waals surface area contributed by atoms with Crippen LogP contribution in [0.2, 0.25) is 0 Å². The molecule has 0 bridgehead atoms. The summed E-state index contributed by atoms with van der Waals surface area (Å²) in [4.78, 5) is 12.1. The second kappa shape index (κ2) is 10.3. The van der Waals surface area contributed by atoms with Gasteiger partial charge in [-0.2, -0.15) is 0 Å². The molecule has 0 fully saturated rings. The van der Waals surface area contributed by atoms with E-state index in [1.807, 2.05) is 55.5 Å². The quantitative estimate of drug-likeness (QED) is 0.655. The lowest BCUT2D eigenvalue weighted by Crippen LogP contribution is -2.21. The molecule has 2 rings (SSSR count). The van der Waals surface area contributed by atoms with Crippen LogP contribution in [0.1, 0.15) is 27.2 Å². The summed E-state index contributed by atoms with van der Waals surface area (Å²) in [6, 6.07) is 15.0. The number of ether oxygens (including phenoxy) is 2. The van der Waals surface area contributed by atoms with E-state index >= 15 is 0 Å². The number of benzene rings is 2. The van der Waals surface area contributed by atoms with E-state index in [9.17, 15) is 4.79 Å². The van der Waals surface area contributed by atoms with Crippen LogP contribution in [0.25, 0.3) is 0 Å². The molecule has 2 N–H and O–H groups in total. The molecule has 140 valence electrons. The van der Waals surface area contributed by atoms with Gasteiger partial charge in [0.05, 0.1) is 19.8 Å². The van der Waals surface area contributed by atoms with Crippen molar-refractivity contribution in [1.82, 2.24) is 0 Å². The third kappa shape index (κ3) is 7.05. The number of hydrogen-bond acceptors (Lipinski definition) is 4. The van der Waals surface area contributed by atoms with E-state index in [4.69, 9.17) is 9.47 Å². The van der Waals surface area contributed by atoms with E-state index in [-0.39, 0.29) is 12.5 Å². The first kappa shape index (κ1) is 19.6. The topological polar surface area (TPSA) is 59.6 Å². The third-order valence-electron chi connectivity index (χ3n) is 3.68. The van der Waals surface area contributed by atoms with Gasteiger partial charge >= 0.3 is 0 Å². The van der Waals surface area contributed by atoms with Crippen LogP contribution < -0.4 is 20.1 Å². The second-order valence-electron chi connectivity index (χ2n) is 6.42. The highest BCUT2D eigenvalue weighted by molar-refractivity contribution is 5.93. The average molecular weight is 356 g/mol. The van der Waals surface area contributed by atoms with Crippen molar-refractivity contribution in [3.05, 3.63) is 48.5 Å². The number of amides is 1. The van der Waals surface area contributed by atoms with Crippen molar-refractivity contribution in [3.63, 3.8) is 0 Å². The van der Waals surface area contributed by atoms with Crippen LogP contribution in [-0.4, -0.2) is 25.7 Å². The van der Waals surface area contributed by atoms with Crippen molar-refractivity contribution >= 4 is 17.3 Å². The fourth-order valence-corrected chi connectivity index (χ4v) is 2.33. The maximum atomic E-state index is 12.1. The van der Waals surface area contributed by atoms with Crippen molar-refractivity contribution in [3.8, 4) is 11.5 Å². The smallest absolute Gasteiger partial charge is 0.243 e. The van der Waals surface area contributed by atoms with Gasteiger partial charge in [0.15, 0.2) is 0 Å². The number of anilines is 2. The monoisotopic (exact) mass is 356 g/mol. The van der Waals surface area contributed by atoms with E-state index in [1.54, 1.807) is 0 Å². The molecule has 0 heterocycles. The zero-order chi connectivity index (χ0) is 18.8. The molecule has 2 aromatic rings. The molecule has 0 aliphatic carbocycles. The fraction of sp³-hybridized carbons (Fsp3) is 0.381. The van der Waals surface area contributed by atoms with Crippen LogP contribution in [0.15, 0.2) is 48.5 Å². The predicted molar refractivity (Wildman–Crippen MR) is 106 cm³/mol. The lowest BCUT2D eigenvalue weighted by molar-refractivity contribution is -0.114. The maximum Gasteiger partial charge on any atom is 0.243 e. The fourth-order valence-electron chi connectivity index (χ4n) is 2.33. The largest absolute Gasteiger partial charge is 0.494 e. The van der Waals surface area contributed by atoms with Crippen LogP contribution in [-0.2, 0) is 4.79 Å². The molecular formula is C21H28N2O3. The molecule has 5 heteroatoms. The minimum absolute atomic E-state index is 0.121. The molecule has 0 atom stereocenters. The van der Waals surface area contributed by atoms with Crippen molar-refractivity contribution in [2.75, 3.05) is 30.4 Å². The lowest BCUT2D eigenvalue weighted by atomic mass is 10.1. The van der Waals surface area contributed by atoms with Gasteiger partial charge in [0, 0.05) is 23.5 Å². The first-order chi connectivity index (χ1) is 12.6.